The highest BCUT2D eigenvalue weighted by atomic mass is 15.0. The first-order valence-electron chi connectivity index (χ1n) is 20.4. The van der Waals surface area contributed by atoms with Gasteiger partial charge in [0.1, 0.15) is 0 Å². The molecule has 3 heterocycles. The van der Waals surface area contributed by atoms with Gasteiger partial charge in [0.05, 0.1) is 33.5 Å². The number of rotatable bonds is 6. The van der Waals surface area contributed by atoms with Crippen molar-refractivity contribution in [3.63, 3.8) is 0 Å². The summed E-state index contributed by atoms with van der Waals surface area (Å²) in [6.07, 6.45) is 0. The molecular weight excluding hydrogens is 729 g/mol. The molecule has 0 N–H and O–H groups in total. The highest BCUT2D eigenvalue weighted by Crippen LogP contribution is 2.41. The van der Waals surface area contributed by atoms with Gasteiger partial charge in [-0.1, -0.05) is 158 Å². The molecule has 0 spiro atoms. The van der Waals surface area contributed by atoms with Gasteiger partial charge in [-0.2, -0.15) is 0 Å². The van der Waals surface area contributed by atoms with Crippen LogP contribution in [0, 0.1) is 0 Å². The Balaban J connectivity index is 1.13. The van der Waals surface area contributed by atoms with Crippen LogP contribution < -0.4 is 0 Å². The number of hydrogen-bond donors (Lipinski definition) is 0. The number of aromatic nitrogens is 4. The maximum atomic E-state index is 5.42. The van der Waals surface area contributed by atoms with Gasteiger partial charge in [0.25, 0.3) is 0 Å². The van der Waals surface area contributed by atoms with Crippen LogP contribution in [0.4, 0.5) is 0 Å². The van der Waals surface area contributed by atoms with Crippen LogP contribution in [0.2, 0.25) is 0 Å². The van der Waals surface area contributed by atoms with Crippen molar-refractivity contribution in [3.8, 4) is 56.4 Å². The Morgan fingerprint density at radius 1 is 0.283 bits per heavy atom. The summed E-state index contributed by atoms with van der Waals surface area (Å²) in [6.45, 7) is 0. The van der Waals surface area contributed by atoms with Crippen molar-refractivity contribution in [1.29, 1.82) is 0 Å². The maximum absolute atomic E-state index is 5.42. The van der Waals surface area contributed by atoms with E-state index in [9.17, 15) is 0 Å². The molecule has 0 aliphatic rings. The minimum atomic E-state index is 0.682. The van der Waals surface area contributed by atoms with Crippen LogP contribution in [0.1, 0.15) is 0 Å². The van der Waals surface area contributed by atoms with Gasteiger partial charge in [0.2, 0.25) is 0 Å². The molecule has 0 amide bonds. The molecule has 0 unspecified atom stereocenters. The first-order chi connectivity index (χ1) is 29.7. The van der Waals surface area contributed by atoms with Crippen molar-refractivity contribution in [2.75, 3.05) is 0 Å². The van der Waals surface area contributed by atoms with E-state index in [0.717, 1.165) is 66.8 Å². The molecule has 0 fully saturated rings. The molecule has 0 bridgehead atoms. The lowest BCUT2D eigenvalue weighted by atomic mass is 9.99. The van der Waals surface area contributed by atoms with Crippen LogP contribution in [-0.2, 0) is 0 Å². The highest BCUT2D eigenvalue weighted by molar-refractivity contribution is 6.19. The number of hydrogen-bond acceptors (Lipinski definition) is 2. The Bertz CT molecular complexity index is 3580. The zero-order valence-electron chi connectivity index (χ0n) is 32.6. The van der Waals surface area contributed by atoms with E-state index in [1.807, 2.05) is 6.07 Å². The van der Waals surface area contributed by atoms with E-state index in [0.29, 0.717) is 5.82 Å². The first-order valence-corrected chi connectivity index (χ1v) is 20.4. The molecule has 0 aliphatic carbocycles. The molecular formula is C56H36N4. The fourth-order valence-electron chi connectivity index (χ4n) is 9.13. The minimum absolute atomic E-state index is 0.682. The zero-order chi connectivity index (χ0) is 39.6. The van der Waals surface area contributed by atoms with E-state index in [-0.39, 0.29) is 0 Å². The van der Waals surface area contributed by atoms with Crippen molar-refractivity contribution in [2.24, 2.45) is 0 Å². The van der Waals surface area contributed by atoms with Gasteiger partial charge in [-0.25, -0.2) is 9.97 Å². The van der Waals surface area contributed by atoms with Gasteiger partial charge in [0, 0.05) is 49.6 Å². The Hall–Kier alpha value is -8.08. The lowest BCUT2D eigenvalue weighted by Gasteiger charge is -2.15. The minimum Gasteiger partial charge on any atom is -0.309 e. The molecule has 4 nitrogen and oxygen atoms in total. The Morgan fingerprint density at radius 2 is 0.800 bits per heavy atom. The van der Waals surface area contributed by atoms with E-state index in [1.54, 1.807) is 0 Å². The van der Waals surface area contributed by atoms with E-state index < -0.39 is 0 Å². The van der Waals surface area contributed by atoms with Crippen molar-refractivity contribution >= 4 is 54.4 Å². The number of para-hydroxylation sites is 3. The molecule has 0 aliphatic heterocycles. The predicted molar refractivity (Wildman–Crippen MR) is 250 cm³/mol. The summed E-state index contributed by atoms with van der Waals surface area (Å²) in [7, 11) is 0. The highest BCUT2D eigenvalue weighted by Gasteiger charge is 2.21. The fraction of sp³-hybridized carbons (Fsp3) is 0. The second kappa shape index (κ2) is 13.8. The van der Waals surface area contributed by atoms with Crippen LogP contribution in [-0.4, -0.2) is 19.1 Å². The average molecular weight is 765 g/mol. The van der Waals surface area contributed by atoms with Gasteiger partial charge >= 0.3 is 0 Å². The van der Waals surface area contributed by atoms with Crippen LogP contribution in [0.5, 0.6) is 0 Å². The van der Waals surface area contributed by atoms with Gasteiger partial charge in [-0.3, -0.25) is 0 Å². The molecule has 9 aromatic carbocycles. The molecule has 0 atom stereocenters. The summed E-state index contributed by atoms with van der Waals surface area (Å²) < 4.78 is 4.83. The Labute approximate surface area is 346 Å². The second-order valence-electron chi connectivity index (χ2n) is 15.4. The topological polar surface area (TPSA) is 35.6 Å². The lowest BCUT2D eigenvalue weighted by Crippen LogP contribution is -2.00. The fourth-order valence-corrected chi connectivity index (χ4v) is 9.13. The average Bonchev–Trinajstić information content (AvgIpc) is 3.83. The van der Waals surface area contributed by atoms with Crippen molar-refractivity contribution in [3.05, 3.63) is 218 Å². The van der Waals surface area contributed by atoms with Gasteiger partial charge in [0.15, 0.2) is 5.82 Å². The first kappa shape index (κ1) is 34.0. The quantitative estimate of drug-likeness (QED) is 0.169. The van der Waals surface area contributed by atoms with Gasteiger partial charge in [-0.05, 0) is 82.6 Å². The summed E-state index contributed by atoms with van der Waals surface area (Å²) in [5.74, 6) is 0.682. The molecule has 0 radical (unpaired) electrons. The molecule has 0 saturated heterocycles. The molecule has 4 heteroatoms. The van der Waals surface area contributed by atoms with Crippen LogP contribution in [0.25, 0.3) is 111 Å². The van der Waals surface area contributed by atoms with E-state index in [1.165, 1.54) is 38.1 Å². The summed E-state index contributed by atoms with van der Waals surface area (Å²) in [4.78, 5) is 10.8. The number of nitrogens with zero attached hydrogens (tertiary/aromatic N) is 4. The van der Waals surface area contributed by atoms with Crippen molar-refractivity contribution in [1.82, 2.24) is 19.1 Å². The second-order valence-corrected chi connectivity index (χ2v) is 15.4. The standard InChI is InChI=1S/C56H36N4/c1-4-17-37(18-5-1)39-22-16-23-41(31-39)51-35-50(38-19-6-2-7-20-38)57-56(58-51)49-33-43(32-40-21-10-11-26-44(40)49)60-53-30-15-13-28-46(53)48-34-47-45-27-12-14-29-52(45)59(54(47)36-55(48)60)42-24-8-3-9-25-42/h1-36H. The van der Waals surface area contributed by atoms with E-state index in [2.05, 4.69) is 221 Å². The SMILES string of the molecule is c1ccc(-c2cccc(-c3cc(-c4ccccc4)nc(-c4cc(-n5c6ccccc6c6cc7c8ccccc8n(-c8ccccc8)c7cc65)cc5ccccc45)n3)c2)cc1. The summed E-state index contributed by atoms with van der Waals surface area (Å²) in [6, 6.07) is 78.0. The Kier molecular flexibility index (Phi) is 7.82. The van der Waals surface area contributed by atoms with Gasteiger partial charge in [-0.15, -0.1) is 0 Å². The lowest BCUT2D eigenvalue weighted by molar-refractivity contribution is 1.16. The van der Waals surface area contributed by atoms with Crippen LogP contribution in [0.15, 0.2) is 218 Å². The summed E-state index contributed by atoms with van der Waals surface area (Å²) in [5, 5.41) is 7.12. The van der Waals surface area contributed by atoms with Crippen LogP contribution >= 0.6 is 0 Å². The number of fused-ring (bicyclic) bond motifs is 7. The molecule has 12 aromatic rings. The smallest absolute Gasteiger partial charge is 0.161 e. The number of benzene rings is 9. The molecule has 3 aromatic heterocycles. The van der Waals surface area contributed by atoms with Crippen molar-refractivity contribution in [2.45, 2.75) is 0 Å². The van der Waals surface area contributed by atoms with Crippen LogP contribution in [0.3, 0.4) is 0 Å². The summed E-state index contributed by atoms with van der Waals surface area (Å²) in [5.41, 5.74) is 14.0. The molecule has 60 heavy (non-hydrogen) atoms. The molecule has 0 saturated carbocycles. The van der Waals surface area contributed by atoms with E-state index >= 15 is 0 Å². The third kappa shape index (κ3) is 5.53. The summed E-state index contributed by atoms with van der Waals surface area (Å²) >= 11 is 0. The zero-order valence-corrected chi connectivity index (χ0v) is 32.6. The van der Waals surface area contributed by atoms with E-state index in [4.69, 9.17) is 9.97 Å². The Morgan fingerprint density at radius 3 is 1.48 bits per heavy atom. The van der Waals surface area contributed by atoms with Gasteiger partial charge < -0.3 is 9.13 Å². The third-order valence-electron chi connectivity index (χ3n) is 11.9. The normalized spacial score (nSPS) is 11.7. The largest absolute Gasteiger partial charge is 0.309 e. The molecule has 280 valence electrons. The predicted octanol–water partition coefficient (Wildman–Crippen LogP) is 14.5. The molecule has 12 rings (SSSR count). The maximum Gasteiger partial charge on any atom is 0.161 e. The third-order valence-corrected chi connectivity index (χ3v) is 11.9. The van der Waals surface area contributed by atoms with Crippen molar-refractivity contribution < 1.29 is 0 Å². The monoisotopic (exact) mass is 764 g/mol.